The van der Waals surface area contributed by atoms with Crippen LogP contribution >= 0.6 is 0 Å². The zero-order valence-corrected chi connectivity index (χ0v) is 10.4. The summed E-state index contributed by atoms with van der Waals surface area (Å²) in [5, 5.41) is 9.30. The van der Waals surface area contributed by atoms with Crippen LogP contribution in [0.4, 0.5) is 10.5 Å². The third kappa shape index (κ3) is 1.49. The average molecular weight is 254 g/mol. The van der Waals surface area contributed by atoms with E-state index in [0.29, 0.717) is 6.54 Å². The molecule has 2 heterocycles. The summed E-state index contributed by atoms with van der Waals surface area (Å²) in [6.07, 6.45) is 5.16. The van der Waals surface area contributed by atoms with Crippen LogP contribution in [-0.4, -0.2) is 28.8 Å². The summed E-state index contributed by atoms with van der Waals surface area (Å²) in [6.45, 7) is 0.627. The number of rotatable bonds is 1. The van der Waals surface area contributed by atoms with Gasteiger partial charge >= 0.3 is 6.09 Å². The molecule has 1 aromatic rings. The Labute approximate surface area is 111 Å². The fourth-order valence-electron chi connectivity index (χ4n) is 3.11. The first kappa shape index (κ1) is 10.7. The number of nitrogens with zero attached hydrogens (tertiary/aromatic N) is 2. The molecule has 1 fully saturated rings. The number of carbonyl (C=O) groups is 1. The smallest absolute Gasteiger partial charge is 0.408 e. The van der Waals surface area contributed by atoms with Gasteiger partial charge in [-0.15, -0.1) is 0 Å². The number of allylic oxidation sites excluding steroid dienone is 3. The highest BCUT2D eigenvalue weighted by atomic mass is 16.4. The molecule has 1 N–H and O–H groups in total. The molecule has 96 valence electrons. The molecule has 1 unspecified atom stereocenters. The summed E-state index contributed by atoms with van der Waals surface area (Å²) < 4.78 is 0. The molecule has 1 aromatic carbocycles. The lowest BCUT2D eigenvalue weighted by Crippen LogP contribution is -2.45. The Morgan fingerprint density at radius 1 is 1.32 bits per heavy atom. The van der Waals surface area contributed by atoms with E-state index in [2.05, 4.69) is 29.3 Å². The molecule has 0 spiro atoms. The molecule has 3 aliphatic rings. The van der Waals surface area contributed by atoms with Crippen LogP contribution in [0.15, 0.2) is 42.1 Å². The second-order valence-corrected chi connectivity index (χ2v) is 5.17. The predicted octanol–water partition coefficient (Wildman–Crippen LogP) is 2.89. The van der Waals surface area contributed by atoms with E-state index in [1.165, 1.54) is 16.7 Å². The summed E-state index contributed by atoms with van der Waals surface area (Å²) in [5.74, 6) is 0. The van der Waals surface area contributed by atoms with E-state index in [0.717, 1.165) is 18.5 Å². The molecule has 0 saturated carbocycles. The van der Waals surface area contributed by atoms with Gasteiger partial charge in [0.05, 0.1) is 5.69 Å². The van der Waals surface area contributed by atoms with Gasteiger partial charge in [0.1, 0.15) is 6.17 Å². The quantitative estimate of drug-likeness (QED) is 0.838. The normalized spacial score (nSPS) is 23.5. The molecule has 4 nitrogen and oxygen atoms in total. The molecular formula is C15H14N2O2. The van der Waals surface area contributed by atoms with Gasteiger partial charge in [-0.2, -0.15) is 0 Å². The van der Waals surface area contributed by atoms with Gasteiger partial charge in [0.25, 0.3) is 0 Å². The van der Waals surface area contributed by atoms with Gasteiger partial charge in [-0.1, -0.05) is 18.2 Å². The van der Waals surface area contributed by atoms with E-state index in [4.69, 9.17) is 0 Å². The lowest BCUT2D eigenvalue weighted by Gasteiger charge is -2.35. The number of anilines is 1. The van der Waals surface area contributed by atoms with Gasteiger partial charge < -0.3 is 10.0 Å². The van der Waals surface area contributed by atoms with Gasteiger partial charge in [-0.05, 0) is 36.1 Å². The lowest BCUT2D eigenvalue weighted by molar-refractivity contribution is 0.141. The van der Waals surface area contributed by atoms with Crippen LogP contribution < -0.4 is 4.90 Å². The Hall–Kier alpha value is -2.23. The van der Waals surface area contributed by atoms with Crippen molar-refractivity contribution in [3.05, 3.63) is 47.7 Å². The van der Waals surface area contributed by atoms with E-state index in [1.807, 2.05) is 12.1 Å². The van der Waals surface area contributed by atoms with Gasteiger partial charge in [-0.25, -0.2) is 4.79 Å². The maximum absolute atomic E-state index is 11.3. The molecule has 0 aromatic heterocycles. The third-order valence-electron chi connectivity index (χ3n) is 4.07. The molecule has 2 aliphatic heterocycles. The van der Waals surface area contributed by atoms with Crippen molar-refractivity contribution in [2.75, 3.05) is 11.4 Å². The first-order chi connectivity index (χ1) is 9.25. The molecule has 1 saturated heterocycles. The van der Waals surface area contributed by atoms with E-state index < -0.39 is 6.09 Å². The highest BCUT2D eigenvalue weighted by Crippen LogP contribution is 2.47. The van der Waals surface area contributed by atoms with Crippen molar-refractivity contribution in [2.45, 2.75) is 19.0 Å². The third-order valence-corrected chi connectivity index (χ3v) is 4.07. The van der Waals surface area contributed by atoms with Crippen molar-refractivity contribution >= 4 is 17.4 Å². The summed E-state index contributed by atoms with van der Waals surface area (Å²) in [5.41, 5.74) is 4.87. The number of carboxylic acid groups (broad SMARTS) is 1. The summed E-state index contributed by atoms with van der Waals surface area (Å²) in [7, 11) is 0. The maximum atomic E-state index is 11.3. The van der Waals surface area contributed by atoms with Gasteiger partial charge in [0, 0.05) is 18.3 Å². The van der Waals surface area contributed by atoms with E-state index in [9.17, 15) is 9.90 Å². The monoisotopic (exact) mass is 254 g/mol. The zero-order valence-electron chi connectivity index (χ0n) is 10.4. The van der Waals surface area contributed by atoms with Crippen molar-refractivity contribution in [1.82, 2.24) is 4.90 Å². The molecule has 0 radical (unpaired) electrons. The van der Waals surface area contributed by atoms with E-state index >= 15 is 0 Å². The minimum Gasteiger partial charge on any atom is -0.465 e. The van der Waals surface area contributed by atoms with Crippen LogP contribution in [0.2, 0.25) is 0 Å². The second-order valence-electron chi connectivity index (χ2n) is 5.17. The Bertz CT molecular complexity index is 633. The number of benzene rings is 1. The average Bonchev–Trinajstić information content (AvgIpc) is 3.04. The molecular weight excluding hydrogens is 240 g/mol. The fourth-order valence-corrected chi connectivity index (χ4v) is 3.11. The van der Waals surface area contributed by atoms with E-state index in [-0.39, 0.29) is 6.17 Å². The molecule has 4 rings (SSSR count). The number of amides is 1. The van der Waals surface area contributed by atoms with Gasteiger partial charge in [-0.3, -0.25) is 4.90 Å². The molecule has 4 heteroatoms. The first-order valence-electron chi connectivity index (χ1n) is 6.57. The van der Waals surface area contributed by atoms with E-state index in [1.54, 1.807) is 4.90 Å². The van der Waals surface area contributed by atoms with Crippen molar-refractivity contribution in [3.63, 3.8) is 0 Å². The minimum absolute atomic E-state index is 0.0679. The van der Waals surface area contributed by atoms with Crippen LogP contribution in [-0.2, 0) is 0 Å². The standard InChI is InChI=1S/C15H14N2O2/c18-15(19)16-7-3-6-14(16)17-9-10-8-12(10)11-4-1-2-5-13(11)17/h1-2,4-5,8-9,14H,3,6-7H2,(H,18,19). The summed E-state index contributed by atoms with van der Waals surface area (Å²) >= 11 is 0. The second kappa shape index (κ2) is 3.63. The first-order valence-corrected chi connectivity index (χ1v) is 6.57. The van der Waals surface area contributed by atoms with Crippen LogP contribution in [0.3, 0.4) is 0 Å². The van der Waals surface area contributed by atoms with Gasteiger partial charge in [0.2, 0.25) is 0 Å². The van der Waals surface area contributed by atoms with Crippen LogP contribution in [0.5, 0.6) is 0 Å². The molecule has 19 heavy (non-hydrogen) atoms. The van der Waals surface area contributed by atoms with Gasteiger partial charge in [0.15, 0.2) is 0 Å². The number of para-hydroxylation sites is 1. The van der Waals surface area contributed by atoms with Crippen LogP contribution in [0.1, 0.15) is 18.4 Å². The molecule has 1 amide bonds. The Kier molecular flexibility index (Phi) is 2.04. The minimum atomic E-state index is -0.826. The zero-order chi connectivity index (χ0) is 13.0. The number of hydrogen-bond donors (Lipinski definition) is 1. The Morgan fingerprint density at radius 2 is 2.16 bits per heavy atom. The summed E-state index contributed by atoms with van der Waals surface area (Å²) in [6, 6.07) is 8.21. The van der Waals surface area contributed by atoms with Crippen molar-refractivity contribution in [2.24, 2.45) is 0 Å². The topological polar surface area (TPSA) is 43.8 Å². The van der Waals surface area contributed by atoms with Crippen LogP contribution in [0, 0.1) is 0 Å². The predicted molar refractivity (Wildman–Crippen MR) is 72.7 cm³/mol. The lowest BCUT2D eigenvalue weighted by atomic mass is 10.0. The van der Waals surface area contributed by atoms with Crippen molar-refractivity contribution < 1.29 is 9.90 Å². The van der Waals surface area contributed by atoms with Crippen LogP contribution in [0.25, 0.3) is 5.57 Å². The molecule has 1 atom stereocenters. The highest BCUT2D eigenvalue weighted by Gasteiger charge is 2.37. The van der Waals surface area contributed by atoms with Crippen molar-refractivity contribution in [3.8, 4) is 0 Å². The highest BCUT2D eigenvalue weighted by molar-refractivity contribution is 6.03. The number of likely N-dealkylation sites (tertiary alicyclic amines) is 1. The molecule has 1 aliphatic carbocycles. The molecule has 0 bridgehead atoms. The Morgan fingerprint density at radius 3 is 3.00 bits per heavy atom. The number of fused-ring (bicyclic) bond motifs is 3. The fraction of sp³-hybridized carbons (Fsp3) is 0.267. The largest absolute Gasteiger partial charge is 0.465 e. The SMILES string of the molecule is O=C(O)N1CCCC1N1C=C2C=C2c2ccccc21. The summed E-state index contributed by atoms with van der Waals surface area (Å²) in [4.78, 5) is 15.0. The van der Waals surface area contributed by atoms with Crippen molar-refractivity contribution in [1.29, 1.82) is 0 Å². The Balaban J connectivity index is 1.76. The maximum Gasteiger partial charge on any atom is 0.408 e. The number of hydrogen-bond acceptors (Lipinski definition) is 2.